The first-order valence-corrected chi connectivity index (χ1v) is 28.3. The molecule has 2 aliphatic heterocycles. The van der Waals surface area contributed by atoms with Crippen LogP contribution in [0.3, 0.4) is 0 Å². The van der Waals surface area contributed by atoms with Crippen LogP contribution in [-0.4, -0.2) is 141 Å². The van der Waals surface area contributed by atoms with Crippen LogP contribution in [0.4, 0.5) is 27.6 Å². The SMILES string of the molecule is CC(C)(C)OC(=O)N[C@@H](Cc1ccc(B2OC(C)(C)C(C)(C)O2)cc1)C(=O)O.COC(=O)[C@H](Cc1ccc(B2OC(C)(C)C(C)(C)O2)cc1)NC(=O)OC(C)(C)C.COC(=O)[C@H](Cc1ccc(OS(=O)(=O)C(F)(F)F)cc1)NC(=O)OC(C)(C)C. The summed E-state index contributed by atoms with van der Waals surface area (Å²) in [5.74, 6) is -2.99. The van der Waals surface area contributed by atoms with Gasteiger partial charge in [0.2, 0.25) is 0 Å². The minimum Gasteiger partial charge on any atom is -0.480 e. The van der Waals surface area contributed by atoms with E-state index in [1.165, 1.54) is 19.2 Å². The van der Waals surface area contributed by atoms with E-state index in [1.807, 2.05) is 104 Å². The number of carboxylic acid groups (broad SMARTS) is 1. The quantitative estimate of drug-likeness (QED) is 0.0352. The lowest BCUT2D eigenvalue weighted by Gasteiger charge is -2.32. The summed E-state index contributed by atoms with van der Waals surface area (Å²) in [6.07, 6.45) is -1.96. The molecule has 3 aromatic rings. The smallest absolute Gasteiger partial charge is 0.480 e. The highest BCUT2D eigenvalue weighted by atomic mass is 32.2. The lowest BCUT2D eigenvalue weighted by atomic mass is 9.78. The zero-order valence-corrected chi connectivity index (χ0v) is 52.6. The Hall–Kier alpha value is -6.61. The van der Waals surface area contributed by atoms with Crippen molar-refractivity contribution in [2.75, 3.05) is 14.2 Å². The summed E-state index contributed by atoms with van der Waals surface area (Å²) >= 11 is 0. The number of nitrogens with one attached hydrogen (secondary N) is 3. The molecular weight excluding hydrogens is 1140 g/mol. The number of carbonyl (C=O) groups is 6. The fraction of sp³-hybridized carbons (Fsp3) is 0.579. The summed E-state index contributed by atoms with van der Waals surface area (Å²) in [7, 11) is -4.31. The Kier molecular flexibility index (Phi) is 24.2. The van der Waals surface area contributed by atoms with E-state index in [4.69, 9.17) is 37.6 Å². The summed E-state index contributed by atoms with van der Waals surface area (Å²) in [5.41, 5.74) is -5.63. The summed E-state index contributed by atoms with van der Waals surface area (Å²) in [5, 5.41) is 16.7. The molecule has 0 aliphatic carbocycles. The van der Waals surface area contributed by atoms with Crippen molar-refractivity contribution in [3.63, 3.8) is 0 Å². The van der Waals surface area contributed by atoms with E-state index in [1.54, 1.807) is 62.3 Å². The highest BCUT2D eigenvalue weighted by Crippen LogP contribution is 2.38. The molecule has 0 spiro atoms. The van der Waals surface area contributed by atoms with Crippen LogP contribution in [0.25, 0.3) is 0 Å². The van der Waals surface area contributed by atoms with Crippen LogP contribution in [0.5, 0.6) is 5.75 Å². The van der Waals surface area contributed by atoms with Gasteiger partial charge >= 0.3 is 66.1 Å². The maximum absolute atomic E-state index is 12.3. The Morgan fingerprint density at radius 2 is 0.753 bits per heavy atom. The molecule has 22 nitrogen and oxygen atoms in total. The number of ether oxygens (including phenoxy) is 5. The monoisotopic (exact) mass is 1220 g/mol. The molecule has 0 radical (unpaired) electrons. The van der Waals surface area contributed by atoms with E-state index in [-0.39, 0.29) is 19.3 Å². The minimum absolute atomic E-state index is 0.0851. The zero-order valence-electron chi connectivity index (χ0n) is 51.8. The number of methoxy groups -OCH3 is 2. The Morgan fingerprint density at radius 3 is 1.00 bits per heavy atom. The van der Waals surface area contributed by atoms with Gasteiger partial charge in [-0.15, -0.1) is 0 Å². The summed E-state index contributed by atoms with van der Waals surface area (Å²) < 4.78 is 112. The molecule has 0 bridgehead atoms. The second-order valence-corrected chi connectivity index (χ2v) is 26.4. The van der Waals surface area contributed by atoms with Crippen LogP contribution in [0.15, 0.2) is 72.8 Å². The molecule has 0 unspecified atom stereocenters. The normalized spacial score (nSPS) is 17.2. The number of alkyl carbamates (subject to hydrolysis) is 3. The largest absolute Gasteiger partial charge is 0.534 e. The first kappa shape index (κ1) is 72.6. The first-order valence-electron chi connectivity index (χ1n) is 26.9. The average molecular weight is 1220 g/mol. The molecule has 2 fully saturated rings. The van der Waals surface area contributed by atoms with Crippen molar-refractivity contribution in [3.05, 3.63) is 89.5 Å². The van der Waals surface area contributed by atoms with Gasteiger partial charge in [0.05, 0.1) is 36.6 Å². The van der Waals surface area contributed by atoms with Crippen molar-refractivity contribution in [1.82, 2.24) is 16.0 Å². The third-order valence-electron chi connectivity index (χ3n) is 13.1. The van der Waals surface area contributed by atoms with E-state index in [9.17, 15) is 55.5 Å². The molecule has 3 aromatic carbocycles. The second-order valence-electron chi connectivity index (χ2n) is 24.9. The number of esters is 2. The summed E-state index contributed by atoms with van der Waals surface area (Å²) in [6, 6.07) is 16.3. The lowest BCUT2D eigenvalue weighted by Crippen LogP contribution is -2.45. The van der Waals surface area contributed by atoms with E-state index in [2.05, 4.69) is 24.9 Å². The number of alkyl halides is 3. The number of hydrogen-bond acceptors (Lipinski definition) is 18. The Bertz CT molecular complexity index is 2860. The third kappa shape index (κ3) is 23.0. The van der Waals surface area contributed by atoms with Gasteiger partial charge in [0, 0.05) is 19.3 Å². The van der Waals surface area contributed by atoms with Gasteiger partial charge in [-0.3, -0.25) is 0 Å². The lowest BCUT2D eigenvalue weighted by molar-refractivity contribution is -0.143. The topological polar surface area (TPSA) is 285 Å². The zero-order chi connectivity index (χ0) is 65.1. The van der Waals surface area contributed by atoms with Crippen LogP contribution in [-0.2, 0) is 86.1 Å². The number of benzene rings is 3. The molecule has 28 heteroatoms. The number of rotatable bonds is 16. The van der Waals surface area contributed by atoms with Crippen molar-refractivity contribution in [2.24, 2.45) is 0 Å². The third-order valence-corrected chi connectivity index (χ3v) is 14.1. The number of amides is 3. The van der Waals surface area contributed by atoms with E-state index in [0.717, 1.165) is 41.3 Å². The van der Waals surface area contributed by atoms with Crippen LogP contribution in [0, 0.1) is 0 Å². The van der Waals surface area contributed by atoms with Crippen LogP contribution >= 0.6 is 0 Å². The number of aliphatic carboxylic acids is 1. The van der Waals surface area contributed by atoms with E-state index < -0.39 is 129 Å². The molecule has 2 heterocycles. The molecule has 3 atom stereocenters. The molecular formula is C57H82B2F3N3O19S. The van der Waals surface area contributed by atoms with Crippen molar-refractivity contribution in [2.45, 2.75) is 200 Å². The van der Waals surface area contributed by atoms with Gasteiger partial charge in [-0.25, -0.2) is 28.8 Å². The molecule has 472 valence electrons. The van der Waals surface area contributed by atoms with Crippen LogP contribution in [0.1, 0.15) is 134 Å². The predicted molar refractivity (Wildman–Crippen MR) is 309 cm³/mol. The average Bonchev–Trinajstić information content (AvgIpc) is 3.99. The fourth-order valence-electron chi connectivity index (χ4n) is 7.36. The highest BCUT2D eigenvalue weighted by molar-refractivity contribution is 7.88. The number of hydrogen-bond donors (Lipinski definition) is 4. The van der Waals surface area contributed by atoms with Crippen molar-refractivity contribution in [3.8, 4) is 5.75 Å². The molecule has 2 aliphatic rings. The first-order chi connectivity index (χ1) is 38.6. The molecule has 3 amide bonds. The van der Waals surface area contributed by atoms with Gasteiger partial charge in [-0.1, -0.05) is 60.7 Å². The van der Waals surface area contributed by atoms with Crippen molar-refractivity contribution >= 4 is 71.5 Å². The van der Waals surface area contributed by atoms with Crippen LogP contribution < -0.4 is 31.1 Å². The molecule has 4 N–H and O–H groups in total. The number of carboxylic acids is 1. The van der Waals surface area contributed by atoms with Gasteiger partial charge in [0.25, 0.3) is 0 Å². The maximum Gasteiger partial charge on any atom is 0.534 e. The minimum atomic E-state index is -5.79. The van der Waals surface area contributed by atoms with Gasteiger partial charge in [0.15, 0.2) is 0 Å². The predicted octanol–water partition coefficient (Wildman–Crippen LogP) is 7.62. The van der Waals surface area contributed by atoms with Gasteiger partial charge < -0.3 is 67.5 Å². The Labute approximate surface area is 496 Å². The van der Waals surface area contributed by atoms with Crippen molar-refractivity contribution in [1.29, 1.82) is 0 Å². The van der Waals surface area contributed by atoms with Gasteiger partial charge in [0.1, 0.15) is 40.7 Å². The Morgan fingerprint density at radius 1 is 0.494 bits per heavy atom. The summed E-state index contributed by atoms with van der Waals surface area (Å²) in [6.45, 7) is 31.3. The van der Waals surface area contributed by atoms with Crippen molar-refractivity contribution < 1.29 is 102 Å². The second kappa shape index (κ2) is 28.3. The molecule has 85 heavy (non-hydrogen) atoms. The molecule has 0 aromatic heterocycles. The standard InChI is InChI=1S/C21H32BNO6.C20H30BNO6.C16H20F3NO7S/c1-19(2,3)27-18(25)23-16(17(24)26-8)13-14-9-11-15(12-10-14)22-28-20(4,5)21(6,7)29-22;1-18(2,3)26-17(25)22-15(16(23)24)12-13-8-10-14(11-9-13)21-27-19(4,5)20(6,7)28-21;1-15(2,3)26-14(22)20-12(13(21)25-4)9-10-5-7-11(8-6-10)27-28(23,24)16(17,18)19/h9-12,16H,13H2,1-8H3,(H,23,25);8-11,15H,12H2,1-7H3,(H,22,25)(H,23,24);5-8,12H,9H2,1-4H3,(H,20,22)/t16-;15-;12-/m000/s1. The summed E-state index contributed by atoms with van der Waals surface area (Å²) in [4.78, 5) is 71.3. The highest BCUT2D eigenvalue weighted by Gasteiger charge is 2.53. The molecule has 5 rings (SSSR count). The maximum atomic E-state index is 12.3. The van der Waals surface area contributed by atoms with Gasteiger partial charge in [-0.05, 0) is 157 Å². The van der Waals surface area contributed by atoms with Crippen LogP contribution in [0.2, 0.25) is 0 Å². The fourth-order valence-corrected chi connectivity index (χ4v) is 7.82. The van der Waals surface area contributed by atoms with E-state index >= 15 is 0 Å². The van der Waals surface area contributed by atoms with E-state index in [0.29, 0.717) is 5.56 Å². The Balaban J connectivity index is 0.000000334. The number of carbonyl (C=O) groups excluding carboxylic acids is 5. The molecule has 2 saturated heterocycles. The molecule has 0 saturated carbocycles. The number of halogens is 3. The van der Waals surface area contributed by atoms with Gasteiger partial charge in [-0.2, -0.15) is 21.6 Å².